The van der Waals surface area contributed by atoms with E-state index in [1.807, 2.05) is 22.9 Å². The van der Waals surface area contributed by atoms with Crippen molar-refractivity contribution in [2.75, 3.05) is 18.4 Å². The first-order chi connectivity index (χ1) is 12.5. The van der Waals surface area contributed by atoms with Crippen LogP contribution < -0.4 is 5.32 Å². The van der Waals surface area contributed by atoms with E-state index in [4.69, 9.17) is 0 Å². The van der Waals surface area contributed by atoms with Crippen molar-refractivity contribution in [3.05, 3.63) is 39.6 Å². The summed E-state index contributed by atoms with van der Waals surface area (Å²) in [4.78, 5) is 31.3. The highest BCUT2D eigenvalue weighted by atomic mass is 79.9. The molecule has 3 aliphatic rings. The highest BCUT2D eigenvalue weighted by molar-refractivity contribution is 9.10. The second kappa shape index (κ2) is 5.64. The number of halogens is 1. The van der Waals surface area contributed by atoms with E-state index in [9.17, 15) is 9.59 Å². The molecule has 1 fully saturated rings. The van der Waals surface area contributed by atoms with Crippen LogP contribution in [-0.4, -0.2) is 44.6 Å². The molecule has 1 aliphatic carbocycles. The van der Waals surface area contributed by atoms with Gasteiger partial charge in [-0.2, -0.15) is 4.98 Å². The van der Waals surface area contributed by atoms with E-state index >= 15 is 0 Å². The number of hydrogen-bond acceptors (Lipinski definition) is 4. The fraction of sp³-hybridized carbons (Fsp3) is 0.444. The molecule has 3 heterocycles. The molecule has 0 atom stereocenters. The van der Waals surface area contributed by atoms with Gasteiger partial charge in [0.1, 0.15) is 12.4 Å². The van der Waals surface area contributed by atoms with E-state index in [-0.39, 0.29) is 23.8 Å². The molecule has 0 unspecified atom stereocenters. The fourth-order valence-electron chi connectivity index (χ4n) is 4.06. The summed E-state index contributed by atoms with van der Waals surface area (Å²) in [5, 5.41) is 7.03. The molecule has 0 radical (unpaired) electrons. The van der Waals surface area contributed by atoms with Gasteiger partial charge in [0.15, 0.2) is 0 Å². The monoisotopic (exact) mass is 415 g/mol. The van der Waals surface area contributed by atoms with Crippen LogP contribution in [0.3, 0.4) is 0 Å². The average Bonchev–Trinajstić information content (AvgIpc) is 3.07. The summed E-state index contributed by atoms with van der Waals surface area (Å²) in [5.74, 6) is 0.907. The first kappa shape index (κ1) is 16.0. The van der Waals surface area contributed by atoms with Crippen LogP contribution in [0.4, 0.5) is 5.95 Å². The molecule has 26 heavy (non-hydrogen) atoms. The number of carbonyl (C=O) groups excluding carboxylic acids is 2. The SMILES string of the molecule is O=C(CN1CC2(CC2)c2cc(Br)ccc2C1=O)Nc1nc2n(n1)CCC2. The molecular formula is C18H18BrN5O2. The van der Waals surface area contributed by atoms with Gasteiger partial charge in [0, 0.05) is 35.0 Å². The van der Waals surface area contributed by atoms with Crippen molar-refractivity contribution < 1.29 is 9.59 Å². The average molecular weight is 416 g/mol. The Kier molecular flexibility index (Phi) is 3.47. The summed E-state index contributed by atoms with van der Waals surface area (Å²) in [6, 6.07) is 5.79. The van der Waals surface area contributed by atoms with Gasteiger partial charge in [0.25, 0.3) is 5.91 Å². The molecule has 1 aromatic heterocycles. The van der Waals surface area contributed by atoms with E-state index < -0.39 is 0 Å². The Hall–Kier alpha value is -2.22. The zero-order valence-electron chi connectivity index (χ0n) is 14.2. The third-order valence-electron chi connectivity index (χ3n) is 5.52. The van der Waals surface area contributed by atoms with Crippen LogP contribution in [0.5, 0.6) is 0 Å². The molecular weight excluding hydrogens is 398 g/mol. The summed E-state index contributed by atoms with van der Waals surface area (Å²) < 4.78 is 2.81. The minimum atomic E-state index is -0.251. The number of carbonyl (C=O) groups is 2. The van der Waals surface area contributed by atoms with Crippen molar-refractivity contribution in [2.45, 2.75) is 37.6 Å². The van der Waals surface area contributed by atoms with Crippen LogP contribution in [-0.2, 0) is 23.2 Å². The maximum Gasteiger partial charge on any atom is 0.254 e. The lowest BCUT2D eigenvalue weighted by Gasteiger charge is -2.34. The largest absolute Gasteiger partial charge is 0.328 e. The summed E-state index contributed by atoms with van der Waals surface area (Å²) in [7, 11) is 0. The number of hydrogen-bond donors (Lipinski definition) is 1. The predicted molar refractivity (Wildman–Crippen MR) is 97.9 cm³/mol. The standard InChI is InChI=1S/C18H18BrN5O2/c19-11-3-4-12-13(8-11)18(5-6-18)10-23(16(12)26)9-15(25)21-17-20-14-2-1-7-24(14)22-17/h3-4,8H,1-2,5-7,9-10H2,(H,21,22,25). The molecule has 1 aromatic carbocycles. The zero-order chi connectivity index (χ0) is 17.9. The maximum atomic E-state index is 12.8. The molecule has 2 aliphatic heterocycles. The lowest BCUT2D eigenvalue weighted by molar-refractivity contribution is -0.117. The van der Waals surface area contributed by atoms with Crippen LogP contribution >= 0.6 is 15.9 Å². The van der Waals surface area contributed by atoms with Gasteiger partial charge < -0.3 is 4.90 Å². The number of fused-ring (bicyclic) bond motifs is 3. The number of nitrogens with zero attached hydrogens (tertiary/aromatic N) is 4. The Morgan fingerprint density at radius 1 is 1.35 bits per heavy atom. The van der Waals surface area contributed by atoms with Gasteiger partial charge in [0.2, 0.25) is 11.9 Å². The molecule has 1 N–H and O–H groups in total. The number of rotatable bonds is 3. The van der Waals surface area contributed by atoms with E-state index in [0.29, 0.717) is 18.1 Å². The van der Waals surface area contributed by atoms with Crippen LogP contribution in [0.1, 0.15) is 41.0 Å². The molecule has 2 aromatic rings. The number of aryl methyl sites for hydroxylation is 2. The molecule has 0 bridgehead atoms. The third kappa shape index (κ3) is 2.55. The van der Waals surface area contributed by atoms with E-state index in [1.54, 1.807) is 4.90 Å². The lowest BCUT2D eigenvalue weighted by atomic mass is 9.86. The highest BCUT2D eigenvalue weighted by Crippen LogP contribution is 2.52. The third-order valence-corrected chi connectivity index (χ3v) is 6.02. The van der Waals surface area contributed by atoms with Crippen molar-refractivity contribution in [1.82, 2.24) is 19.7 Å². The normalized spacial score (nSPS) is 19.4. The van der Waals surface area contributed by atoms with Crippen LogP contribution in [0.2, 0.25) is 0 Å². The molecule has 1 saturated carbocycles. The number of benzene rings is 1. The van der Waals surface area contributed by atoms with Gasteiger partial charge in [-0.05, 0) is 43.0 Å². The smallest absolute Gasteiger partial charge is 0.254 e. The van der Waals surface area contributed by atoms with E-state index in [1.165, 1.54) is 0 Å². The van der Waals surface area contributed by atoms with Crippen molar-refractivity contribution >= 4 is 33.7 Å². The molecule has 0 saturated heterocycles. The predicted octanol–water partition coefficient (Wildman–Crippen LogP) is 2.11. The Morgan fingerprint density at radius 2 is 2.19 bits per heavy atom. The lowest BCUT2D eigenvalue weighted by Crippen LogP contribution is -2.46. The second-order valence-electron chi connectivity index (χ2n) is 7.36. The van der Waals surface area contributed by atoms with E-state index in [0.717, 1.165) is 48.1 Å². The van der Waals surface area contributed by atoms with E-state index in [2.05, 4.69) is 31.3 Å². The number of amides is 2. The van der Waals surface area contributed by atoms with Gasteiger partial charge in [-0.3, -0.25) is 14.9 Å². The topological polar surface area (TPSA) is 80.1 Å². The van der Waals surface area contributed by atoms with Gasteiger partial charge >= 0.3 is 0 Å². The Labute approximate surface area is 158 Å². The molecule has 5 rings (SSSR count). The van der Waals surface area contributed by atoms with Crippen molar-refractivity contribution in [1.29, 1.82) is 0 Å². The Balaban J connectivity index is 1.33. The molecule has 8 heteroatoms. The summed E-state index contributed by atoms with van der Waals surface area (Å²) in [6.45, 7) is 1.47. The number of anilines is 1. The van der Waals surface area contributed by atoms with Crippen molar-refractivity contribution in [2.24, 2.45) is 0 Å². The van der Waals surface area contributed by atoms with Gasteiger partial charge in [-0.25, -0.2) is 4.68 Å². The summed E-state index contributed by atoms with van der Waals surface area (Å²) >= 11 is 3.50. The van der Waals surface area contributed by atoms with Gasteiger partial charge in [-0.15, -0.1) is 5.10 Å². The molecule has 7 nitrogen and oxygen atoms in total. The van der Waals surface area contributed by atoms with Gasteiger partial charge in [0.05, 0.1) is 0 Å². The van der Waals surface area contributed by atoms with Crippen LogP contribution in [0.15, 0.2) is 22.7 Å². The zero-order valence-corrected chi connectivity index (χ0v) is 15.8. The summed E-state index contributed by atoms with van der Waals surface area (Å²) in [6.07, 6.45) is 4.04. The fourth-order valence-corrected chi connectivity index (χ4v) is 4.42. The van der Waals surface area contributed by atoms with Crippen molar-refractivity contribution in [3.8, 4) is 0 Å². The Bertz CT molecular complexity index is 912. The summed E-state index contributed by atoms with van der Waals surface area (Å²) in [5.41, 5.74) is 1.84. The maximum absolute atomic E-state index is 12.8. The number of aromatic nitrogens is 3. The van der Waals surface area contributed by atoms with Crippen LogP contribution in [0, 0.1) is 0 Å². The minimum Gasteiger partial charge on any atom is -0.328 e. The minimum absolute atomic E-state index is 0.0150. The second-order valence-corrected chi connectivity index (χ2v) is 8.27. The highest BCUT2D eigenvalue weighted by Gasteiger charge is 2.51. The van der Waals surface area contributed by atoms with Crippen LogP contribution in [0.25, 0.3) is 0 Å². The quantitative estimate of drug-likeness (QED) is 0.832. The molecule has 2 amide bonds. The van der Waals surface area contributed by atoms with Crippen molar-refractivity contribution in [3.63, 3.8) is 0 Å². The molecule has 134 valence electrons. The number of nitrogens with one attached hydrogen (secondary N) is 1. The first-order valence-electron chi connectivity index (χ1n) is 8.87. The molecule has 1 spiro atoms. The van der Waals surface area contributed by atoms with Gasteiger partial charge in [-0.1, -0.05) is 15.9 Å². The first-order valence-corrected chi connectivity index (χ1v) is 9.66. The Morgan fingerprint density at radius 3 is 2.96 bits per heavy atom.